The maximum absolute atomic E-state index is 12.8. The third-order valence-electron chi connectivity index (χ3n) is 7.32. The van der Waals surface area contributed by atoms with Gasteiger partial charge < -0.3 is 21.7 Å². The predicted molar refractivity (Wildman–Crippen MR) is 178 cm³/mol. The first-order chi connectivity index (χ1) is 18.9. The smallest absolute Gasteiger partial charge is 0.306 e. The minimum Gasteiger partial charge on any atom is -1.00 e. The molecule has 0 saturated carbocycles. The van der Waals surface area contributed by atoms with Gasteiger partial charge in [-0.25, -0.2) is 0 Å². The highest BCUT2D eigenvalue weighted by atomic mass is 79.9. The van der Waals surface area contributed by atoms with Crippen LogP contribution in [0.15, 0.2) is 70.5 Å². The maximum atomic E-state index is 12.8. The molecule has 0 unspecified atom stereocenters. The van der Waals surface area contributed by atoms with E-state index in [0.29, 0.717) is 6.42 Å². The first-order valence-electron chi connectivity index (χ1n) is 15.4. The minimum atomic E-state index is -0.964. The lowest BCUT2D eigenvalue weighted by Gasteiger charge is -2.34. The van der Waals surface area contributed by atoms with E-state index >= 15 is 0 Å². The Morgan fingerprint density at radius 3 is 1.55 bits per heavy atom. The summed E-state index contributed by atoms with van der Waals surface area (Å²) in [7, 11) is -0.964. The van der Waals surface area contributed by atoms with Crippen molar-refractivity contribution >= 4 is 36.8 Å². The zero-order chi connectivity index (χ0) is 28.4. The van der Waals surface area contributed by atoms with Crippen LogP contribution in [0.4, 0.5) is 0 Å². The fraction of sp³-hybridized carbons (Fsp3) is 0.618. The summed E-state index contributed by atoms with van der Waals surface area (Å²) in [5.41, 5.74) is 0. The van der Waals surface area contributed by atoms with E-state index in [4.69, 9.17) is 4.74 Å². The van der Waals surface area contributed by atoms with Gasteiger partial charge in [-0.15, -0.1) is 23.5 Å². The van der Waals surface area contributed by atoms with Crippen LogP contribution in [0.25, 0.3) is 0 Å². The van der Waals surface area contributed by atoms with E-state index in [2.05, 4.69) is 81.4 Å². The standard InChI is InChI=1S/C34H54O2PS2.BrH/c1-6-9-26-37(27-10-7-2,28-11-8-3)29-18-24-34(25-23-33(35)36-30(4)5,38-31-19-14-12-15-20-31)39-32-21-16-13-17-22-32;/h12-17,19-22,30H,6-11,18,23-29H2,1-5H3;1H/q+1;/p-1. The van der Waals surface area contributed by atoms with Crippen LogP contribution in [-0.4, -0.2) is 40.8 Å². The normalized spacial score (nSPS) is 11.8. The molecule has 0 spiro atoms. The van der Waals surface area contributed by atoms with Crippen LogP contribution in [-0.2, 0) is 9.53 Å². The molecule has 0 N–H and O–H groups in total. The van der Waals surface area contributed by atoms with Gasteiger partial charge in [0.25, 0.3) is 0 Å². The van der Waals surface area contributed by atoms with E-state index in [1.165, 1.54) is 79.4 Å². The topological polar surface area (TPSA) is 26.3 Å². The molecule has 0 bridgehead atoms. The minimum absolute atomic E-state index is 0. The van der Waals surface area contributed by atoms with E-state index in [1.807, 2.05) is 37.4 Å². The van der Waals surface area contributed by atoms with Crippen LogP contribution in [0.3, 0.4) is 0 Å². The van der Waals surface area contributed by atoms with Gasteiger partial charge in [-0.2, -0.15) is 0 Å². The molecule has 0 atom stereocenters. The van der Waals surface area contributed by atoms with E-state index in [0.717, 1.165) is 12.8 Å². The first-order valence-corrected chi connectivity index (χ1v) is 19.5. The molecule has 0 amide bonds. The van der Waals surface area contributed by atoms with Crippen LogP contribution in [0.1, 0.15) is 98.8 Å². The lowest BCUT2D eigenvalue weighted by molar-refractivity contribution is -0.147. The van der Waals surface area contributed by atoms with Crippen molar-refractivity contribution in [3.8, 4) is 0 Å². The highest BCUT2D eigenvalue weighted by Gasteiger charge is 2.38. The number of rotatable bonds is 21. The Morgan fingerprint density at radius 2 is 1.15 bits per heavy atom. The molecule has 40 heavy (non-hydrogen) atoms. The molecular formula is C34H54BrO2PS2. The van der Waals surface area contributed by atoms with Crippen molar-refractivity contribution in [2.75, 3.05) is 24.6 Å². The maximum Gasteiger partial charge on any atom is 0.306 e. The van der Waals surface area contributed by atoms with Crippen molar-refractivity contribution in [1.29, 1.82) is 0 Å². The molecule has 2 nitrogen and oxygen atoms in total. The number of benzene rings is 2. The molecule has 6 heteroatoms. The predicted octanol–water partition coefficient (Wildman–Crippen LogP) is 8.20. The average Bonchev–Trinajstić information content (AvgIpc) is 2.93. The average molecular weight is 670 g/mol. The molecule has 0 fully saturated rings. The Balaban J connectivity index is 0.00000800. The molecule has 0 aromatic heterocycles. The van der Waals surface area contributed by atoms with Gasteiger partial charge in [-0.3, -0.25) is 4.79 Å². The summed E-state index contributed by atoms with van der Waals surface area (Å²) in [6, 6.07) is 21.6. The quantitative estimate of drug-likeness (QED) is 0.0580. The number of thioether (sulfide) groups is 2. The monoisotopic (exact) mass is 668 g/mol. The van der Waals surface area contributed by atoms with Crippen molar-refractivity contribution in [3.63, 3.8) is 0 Å². The van der Waals surface area contributed by atoms with Gasteiger partial charge in [-0.05, 0) is 76.6 Å². The Kier molecular flexibility index (Phi) is 19.9. The molecular weight excluding hydrogens is 615 g/mol. The summed E-state index contributed by atoms with van der Waals surface area (Å²) in [6.45, 7) is 10.9. The number of unbranched alkanes of at least 4 members (excludes halogenated alkanes) is 3. The first kappa shape index (κ1) is 37.5. The summed E-state index contributed by atoms with van der Waals surface area (Å²) >= 11 is 3.93. The summed E-state index contributed by atoms with van der Waals surface area (Å²) < 4.78 is 5.47. The highest BCUT2D eigenvalue weighted by molar-refractivity contribution is 8.18. The Labute approximate surface area is 266 Å². The second-order valence-corrected chi connectivity index (χ2v) is 18.8. The molecule has 226 valence electrons. The van der Waals surface area contributed by atoms with Crippen molar-refractivity contribution in [2.45, 2.75) is 119 Å². The second kappa shape index (κ2) is 21.2. The lowest BCUT2D eigenvalue weighted by atomic mass is 10.1. The number of hydrogen-bond donors (Lipinski definition) is 0. The Bertz CT molecular complexity index is 847. The number of carbonyl (C=O) groups excluding carboxylic acids is 1. The Morgan fingerprint density at radius 1 is 0.725 bits per heavy atom. The molecule has 0 aliphatic carbocycles. The van der Waals surface area contributed by atoms with Crippen molar-refractivity contribution in [2.24, 2.45) is 0 Å². The van der Waals surface area contributed by atoms with E-state index in [1.54, 1.807) is 0 Å². The van der Waals surface area contributed by atoms with E-state index in [-0.39, 0.29) is 33.1 Å². The molecule has 2 rings (SSSR count). The van der Waals surface area contributed by atoms with Gasteiger partial charge in [0, 0.05) is 23.5 Å². The molecule has 0 heterocycles. The second-order valence-electron chi connectivity index (χ2n) is 11.2. The number of hydrogen-bond acceptors (Lipinski definition) is 4. The van der Waals surface area contributed by atoms with Crippen molar-refractivity contribution in [1.82, 2.24) is 0 Å². The van der Waals surface area contributed by atoms with Crippen LogP contribution in [0.5, 0.6) is 0 Å². The Hall–Kier alpha value is -0.480. The zero-order valence-electron chi connectivity index (χ0n) is 25.7. The number of esters is 1. The summed E-state index contributed by atoms with van der Waals surface area (Å²) in [6.07, 6.45) is 17.4. The van der Waals surface area contributed by atoms with Crippen molar-refractivity contribution < 1.29 is 26.5 Å². The number of halogens is 1. The highest BCUT2D eigenvalue weighted by Crippen LogP contribution is 2.62. The third-order valence-corrected chi connectivity index (χ3v) is 15.5. The van der Waals surface area contributed by atoms with Crippen LogP contribution < -0.4 is 17.0 Å². The SMILES string of the molecule is CCCC[P+](CCCC)(CCCC)CCCC(CCC(=O)OC(C)C)(Sc1ccccc1)Sc1ccccc1.[Br-]. The lowest BCUT2D eigenvalue weighted by Crippen LogP contribution is -3.00. The summed E-state index contributed by atoms with van der Waals surface area (Å²) in [5.74, 6) is -0.0765. The van der Waals surface area contributed by atoms with Crippen LogP contribution in [0.2, 0.25) is 0 Å². The van der Waals surface area contributed by atoms with E-state index in [9.17, 15) is 4.79 Å². The molecule has 0 aliphatic heterocycles. The summed E-state index contributed by atoms with van der Waals surface area (Å²) in [5, 5.41) is 0. The van der Waals surface area contributed by atoms with Gasteiger partial charge in [0.15, 0.2) is 0 Å². The molecule has 0 radical (unpaired) electrons. The molecule has 0 aliphatic rings. The zero-order valence-corrected chi connectivity index (χ0v) is 29.8. The molecule has 0 saturated heterocycles. The number of carbonyl (C=O) groups is 1. The fourth-order valence-electron chi connectivity index (χ4n) is 5.21. The van der Waals surface area contributed by atoms with Gasteiger partial charge in [0.1, 0.15) is 0 Å². The van der Waals surface area contributed by atoms with Crippen LogP contribution >= 0.6 is 30.8 Å². The van der Waals surface area contributed by atoms with Gasteiger partial charge in [0.05, 0.1) is 34.8 Å². The van der Waals surface area contributed by atoms with Crippen molar-refractivity contribution in [3.05, 3.63) is 60.7 Å². The summed E-state index contributed by atoms with van der Waals surface area (Å²) in [4.78, 5) is 15.3. The van der Waals surface area contributed by atoms with E-state index < -0.39 is 7.26 Å². The van der Waals surface area contributed by atoms with Gasteiger partial charge in [-0.1, -0.05) is 76.4 Å². The third kappa shape index (κ3) is 14.6. The van der Waals surface area contributed by atoms with Gasteiger partial charge in [0.2, 0.25) is 0 Å². The number of ether oxygens (including phenoxy) is 1. The molecule has 2 aromatic carbocycles. The fourth-order valence-corrected chi connectivity index (χ4v) is 13.4. The largest absolute Gasteiger partial charge is 1.00 e. The molecule has 2 aromatic rings. The van der Waals surface area contributed by atoms with Crippen LogP contribution in [0, 0.1) is 0 Å². The van der Waals surface area contributed by atoms with Gasteiger partial charge >= 0.3 is 5.97 Å².